The molecule has 0 saturated carbocycles. The zero-order valence-electron chi connectivity index (χ0n) is 14.1. The molecule has 0 aromatic heterocycles. The molecule has 1 atom stereocenters. The number of anilines is 2. The molecule has 23 heavy (non-hydrogen) atoms. The van der Waals surface area contributed by atoms with Gasteiger partial charge in [-0.3, -0.25) is 9.69 Å². The highest BCUT2D eigenvalue weighted by Gasteiger charge is 2.50. The number of rotatable bonds is 4. The average Bonchev–Trinajstić information content (AvgIpc) is 2.80. The number of nitrogens with zero attached hydrogens (tertiary/aromatic N) is 2. The third-order valence-corrected chi connectivity index (χ3v) is 5.02. The number of carbonyl (C=O) groups is 2. The Kier molecular flexibility index (Phi) is 4.04. The lowest BCUT2D eigenvalue weighted by atomic mass is 9.96. The topological polar surface area (TPSA) is 49.9 Å². The molecule has 2 aliphatic rings. The number of piperidine rings is 1. The maximum absolute atomic E-state index is 12.6. The molecule has 0 aliphatic carbocycles. The molecule has 3 rings (SSSR count). The first kappa shape index (κ1) is 15.8. The Labute approximate surface area is 137 Å². The van der Waals surface area contributed by atoms with Crippen LogP contribution in [0.4, 0.5) is 11.4 Å². The fourth-order valence-electron chi connectivity index (χ4n) is 3.83. The van der Waals surface area contributed by atoms with Crippen molar-refractivity contribution in [1.29, 1.82) is 0 Å². The van der Waals surface area contributed by atoms with Crippen LogP contribution in [0.25, 0.3) is 0 Å². The molecule has 5 nitrogen and oxygen atoms in total. The number of methoxy groups -OCH3 is 1. The molecule has 0 bridgehead atoms. The first-order valence-electron chi connectivity index (χ1n) is 8.36. The summed E-state index contributed by atoms with van der Waals surface area (Å²) in [7, 11) is 1.37. The third kappa shape index (κ3) is 2.38. The smallest absolute Gasteiger partial charge is 0.337 e. The van der Waals surface area contributed by atoms with Gasteiger partial charge in [0.1, 0.15) is 5.66 Å². The first-order valence-corrected chi connectivity index (χ1v) is 8.36. The SMILES string of the molecule is CCCCN1c2ccc(C(=O)OC)cc2N2C(=O)CCCC12C. The summed E-state index contributed by atoms with van der Waals surface area (Å²) in [4.78, 5) is 28.7. The van der Waals surface area contributed by atoms with Gasteiger partial charge in [0, 0.05) is 13.0 Å². The van der Waals surface area contributed by atoms with E-state index in [0.717, 1.165) is 43.6 Å². The van der Waals surface area contributed by atoms with Crippen molar-refractivity contribution in [2.75, 3.05) is 23.5 Å². The second kappa shape index (κ2) is 5.87. The van der Waals surface area contributed by atoms with Crippen LogP contribution in [-0.2, 0) is 9.53 Å². The van der Waals surface area contributed by atoms with Crippen LogP contribution in [0.15, 0.2) is 18.2 Å². The molecule has 1 amide bonds. The number of hydrogen-bond donors (Lipinski definition) is 0. The standard InChI is InChI=1S/C18H24N2O3/c1-4-5-11-19-14-9-8-13(17(22)23-3)12-15(14)20-16(21)7-6-10-18(19,20)2/h8-9,12H,4-7,10-11H2,1-3H3. The van der Waals surface area contributed by atoms with E-state index < -0.39 is 0 Å². The second-order valence-electron chi connectivity index (χ2n) is 6.50. The lowest BCUT2D eigenvalue weighted by Gasteiger charge is -2.45. The molecule has 1 unspecified atom stereocenters. The van der Waals surface area contributed by atoms with Gasteiger partial charge >= 0.3 is 5.97 Å². The predicted octanol–water partition coefficient (Wildman–Crippen LogP) is 3.33. The van der Waals surface area contributed by atoms with Crippen LogP contribution < -0.4 is 9.80 Å². The zero-order chi connectivity index (χ0) is 16.6. The van der Waals surface area contributed by atoms with Crippen molar-refractivity contribution in [3.8, 4) is 0 Å². The van der Waals surface area contributed by atoms with Crippen molar-refractivity contribution in [1.82, 2.24) is 0 Å². The lowest BCUT2D eigenvalue weighted by molar-refractivity contribution is -0.121. The number of ether oxygens (including phenoxy) is 1. The molecule has 2 aliphatic heterocycles. The summed E-state index contributed by atoms with van der Waals surface area (Å²) in [6.07, 6.45) is 4.61. The Morgan fingerprint density at radius 3 is 2.83 bits per heavy atom. The molecule has 124 valence electrons. The third-order valence-electron chi connectivity index (χ3n) is 5.02. The summed E-state index contributed by atoms with van der Waals surface area (Å²) in [5.41, 5.74) is 2.06. The number of fused-ring (bicyclic) bond motifs is 3. The highest BCUT2D eigenvalue weighted by Crippen LogP contribution is 2.49. The highest BCUT2D eigenvalue weighted by molar-refractivity contribution is 6.04. The number of esters is 1. The number of hydrogen-bond acceptors (Lipinski definition) is 4. The molecule has 0 N–H and O–H groups in total. The van der Waals surface area contributed by atoms with Crippen molar-refractivity contribution in [2.24, 2.45) is 0 Å². The summed E-state index contributed by atoms with van der Waals surface area (Å²) < 4.78 is 4.82. The van der Waals surface area contributed by atoms with Gasteiger partial charge in [-0.2, -0.15) is 0 Å². The van der Waals surface area contributed by atoms with Crippen LogP contribution in [0.1, 0.15) is 56.3 Å². The molecular formula is C18H24N2O3. The van der Waals surface area contributed by atoms with E-state index in [1.807, 2.05) is 11.0 Å². The van der Waals surface area contributed by atoms with E-state index in [1.165, 1.54) is 7.11 Å². The summed E-state index contributed by atoms with van der Waals surface area (Å²) in [5.74, 6) is -0.230. The van der Waals surface area contributed by atoms with Crippen LogP contribution in [0.5, 0.6) is 0 Å². The number of benzene rings is 1. The minimum Gasteiger partial charge on any atom is -0.465 e. The second-order valence-corrected chi connectivity index (χ2v) is 6.50. The Morgan fingerprint density at radius 1 is 1.35 bits per heavy atom. The maximum atomic E-state index is 12.6. The van der Waals surface area contributed by atoms with E-state index >= 15 is 0 Å². The van der Waals surface area contributed by atoms with Gasteiger partial charge < -0.3 is 9.64 Å². The van der Waals surface area contributed by atoms with Crippen LogP contribution in [0.3, 0.4) is 0 Å². The highest BCUT2D eigenvalue weighted by atomic mass is 16.5. The van der Waals surface area contributed by atoms with Crippen molar-refractivity contribution < 1.29 is 14.3 Å². The first-order chi connectivity index (χ1) is 11.0. The predicted molar refractivity (Wildman–Crippen MR) is 89.8 cm³/mol. The number of carbonyl (C=O) groups excluding carboxylic acids is 2. The van der Waals surface area contributed by atoms with Crippen LogP contribution in [0, 0.1) is 0 Å². The molecule has 0 radical (unpaired) electrons. The van der Waals surface area contributed by atoms with Gasteiger partial charge in [-0.15, -0.1) is 0 Å². The normalized spacial score (nSPS) is 22.8. The lowest BCUT2D eigenvalue weighted by Crippen LogP contribution is -2.59. The van der Waals surface area contributed by atoms with E-state index in [-0.39, 0.29) is 17.5 Å². The minimum atomic E-state index is -0.369. The Bertz CT molecular complexity index is 643. The monoisotopic (exact) mass is 316 g/mol. The fourth-order valence-corrected chi connectivity index (χ4v) is 3.83. The molecule has 1 aromatic carbocycles. The van der Waals surface area contributed by atoms with E-state index in [9.17, 15) is 9.59 Å². The molecule has 1 saturated heterocycles. The van der Waals surface area contributed by atoms with Crippen molar-refractivity contribution in [3.63, 3.8) is 0 Å². The summed E-state index contributed by atoms with van der Waals surface area (Å²) >= 11 is 0. The number of amides is 1. The van der Waals surface area contributed by atoms with Crippen molar-refractivity contribution in [2.45, 2.75) is 51.6 Å². The Hall–Kier alpha value is -2.04. The van der Waals surface area contributed by atoms with E-state index in [1.54, 1.807) is 12.1 Å². The largest absolute Gasteiger partial charge is 0.465 e. The molecule has 2 heterocycles. The van der Waals surface area contributed by atoms with Gasteiger partial charge in [-0.25, -0.2) is 4.79 Å². The molecule has 5 heteroatoms. The van der Waals surface area contributed by atoms with E-state index in [4.69, 9.17) is 4.74 Å². The summed E-state index contributed by atoms with van der Waals surface area (Å²) in [6.45, 7) is 5.22. The van der Waals surface area contributed by atoms with Crippen LogP contribution in [0.2, 0.25) is 0 Å². The zero-order valence-corrected chi connectivity index (χ0v) is 14.1. The van der Waals surface area contributed by atoms with Gasteiger partial charge in [0.05, 0.1) is 24.0 Å². The molecule has 1 fully saturated rings. The quantitative estimate of drug-likeness (QED) is 0.800. The summed E-state index contributed by atoms with van der Waals surface area (Å²) in [6, 6.07) is 5.54. The Balaban J connectivity index is 2.09. The molecular weight excluding hydrogens is 292 g/mol. The Morgan fingerprint density at radius 2 is 2.13 bits per heavy atom. The van der Waals surface area contributed by atoms with Gasteiger partial charge in [0.25, 0.3) is 0 Å². The van der Waals surface area contributed by atoms with E-state index in [2.05, 4.69) is 18.7 Å². The van der Waals surface area contributed by atoms with Gasteiger partial charge in [-0.05, 0) is 44.4 Å². The van der Waals surface area contributed by atoms with Crippen molar-refractivity contribution >= 4 is 23.3 Å². The van der Waals surface area contributed by atoms with Crippen LogP contribution in [-0.4, -0.2) is 31.2 Å². The molecule has 1 aromatic rings. The van der Waals surface area contributed by atoms with Crippen LogP contribution >= 0.6 is 0 Å². The summed E-state index contributed by atoms with van der Waals surface area (Å²) in [5, 5.41) is 0. The van der Waals surface area contributed by atoms with Crippen molar-refractivity contribution in [3.05, 3.63) is 23.8 Å². The van der Waals surface area contributed by atoms with Gasteiger partial charge in [0.2, 0.25) is 5.91 Å². The van der Waals surface area contributed by atoms with Gasteiger partial charge in [-0.1, -0.05) is 13.3 Å². The average molecular weight is 316 g/mol. The maximum Gasteiger partial charge on any atom is 0.337 e. The van der Waals surface area contributed by atoms with Gasteiger partial charge in [0.15, 0.2) is 0 Å². The molecule has 0 spiro atoms. The van der Waals surface area contributed by atoms with E-state index in [0.29, 0.717) is 12.0 Å². The fraction of sp³-hybridized carbons (Fsp3) is 0.556. The number of unbranched alkanes of at least 4 members (excludes halogenated alkanes) is 1. The minimum absolute atomic E-state index is 0.140.